The second-order valence-electron chi connectivity index (χ2n) is 13.1. The lowest BCUT2D eigenvalue weighted by Gasteiger charge is -2.43. The maximum absolute atomic E-state index is 2.50. The smallest absolute Gasteiger partial charge is 0.0503 e. The molecule has 1 aliphatic heterocycles. The summed E-state index contributed by atoms with van der Waals surface area (Å²) in [6, 6.07) is 51.6. The molecule has 208 valence electrons. The summed E-state index contributed by atoms with van der Waals surface area (Å²) in [5, 5.41) is 0. The van der Waals surface area contributed by atoms with Crippen LogP contribution < -0.4 is 4.90 Å². The molecule has 0 fully saturated rings. The number of nitrogens with zero attached hydrogens (tertiary/aromatic N) is 1. The molecule has 0 saturated carbocycles. The topological polar surface area (TPSA) is 3.24 Å². The Morgan fingerprint density at radius 2 is 0.860 bits per heavy atom. The summed E-state index contributed by atoms with van der Waals surface area (Å²) in [6.45, 7) is 9.49. The number of benzene rings is 6. The van der Waals surface area contributed by atoms with Gasteiger partial charge in [-0.3, -0.25) is 0 Å². The van der Waals surface area contributed by atoms with Crippen LogP contribution in [-0.4, -0.2) is 0 Å². The molecule has 43 heavy (non-hydrogen) atoms. The minimum atomic E-state index is -0.191. The van der Waals surface area contributed by atoms with E-state index in [1.165, 1.54) is 72.7 Å². The van der Waals surface area contributed by atoms with E-state index in [-0.39, 0.29) is 10.8 Å². The molecule has 0 N–H and O–H groups in total. The van der Waals surface area contributed by atoms with Crippen LogP contribution in [0.3, 0.4) is 0 Å². The summed E-state index contributed by atoms with van der Waals surface area (Å²) in [6.07, 6.45) is 0. The van der Waals surface area contributed by atoms with Gasteiger partial charge < -0.3 is 4.90 Å². The first-order valence-electron chi connectivity index (χ1n) is 15.3. The molecule has 0 unspecified atom stereocenters. The third kappa shape index (κ3) is 3.85. The molecule has 0 saturated heterocycles. The van der Waals surface area contributed by atoms with Crippen molar-refractivity contribution >= 4 is 17.1 Å². The quantitative estimate of drug-likeness (QED) is 0.211. The summed E-state index contributed by atoms with van der Waals surface area (Å²) < 4.78 is 0. The maximum Gasteiger partial charge on any atom is 0.0503 e. The van der Waals surface area contributed by atoms with Crippen molar-refractivity contribution in [1.29, 1.82) is 0 Å². The maximum atomic E-state index is 2.50. The van der Waals surface area contributed by atoms with E-state index in [9.17, 15) is 0 Å². The van der Waals surface area contributed by atoms with Gasteiger partial charge in [0, 0.05) is 16.5 Å². The molecular formula is C42H35N. The zero-order chi connectivity index (χ0) is 29.3. The Balaban J connectivity index is 1.36. The van der Waals surface area contributed by atoms with Crippen LogP contribution in [0.2, 0.25) is 0 Å². The highest BCUT2D eigenvalue weighted by Gasteiger charge is 2.39. The highest BCUT2D eigenvalue weighted by atomic mass is 15.2. The molecule has 0 spiro atoms. The average molecular weight is 554 g/mol. The molecule has 0 aromatic heterocycles. The lowest BCUT2D eigenvalue weighted by molar-refractivity contribution is 0.632. The summed E-state index contributed by atoms with van der Waals surface area (Å²) in [4.78, 5) is 2.50. The highest BCUT2D eigenvalue weighted by Crippen LogP contribution is 2.55. The third-order valence-electron chi connectivity index (χ3n) is 9.86. The average Bonchev–Trinajstić information content (AvgIpc) is 3.28. The molecule has 0 amide bonds. The second-order valence-corrected chi connectivity index (χ2v) is 13.1. The van der Waals surface area contributed by atoms with Crippen molar-refractivity contribution in [2.75, 3.05) is 4.90 Å². The summed E-state index contributed by atoms with van der Waals surface area (Å²) >= 11 is 0. The van der Waals surface area contributed by atoms with E-state index in [0.717, 1.165) is 0 Å². The van der Waals surface area contributed by atoms with Gasteiger partial charge in [0.1, 0.15) is 0 Å². The Morgan fingerprint density at radius 1 is 0.372 bits per heavy atom. The Morgan fingerprint density at radius 3 is 1.44 bits per heavy atom. The largest absolute Gasteiger partial charge is 0.310 e. The molecule has 0 atom stereocenters. The van der Waals surface area contributed by atoms with Gasteiger partial charge in [-0.05, 0) is 92.0 Å². The number of fused-ring (bicyclic) bond motifs is 5. The van der Waals surface area contributed by atoms with Gasteiger partial charge in [0.2, 0.25) is 0 Å². The van der Waals surface area contributed by atoms with Gasteiger partial charge in [-0.2, -0.15) is 0 Å². The Hall–Kier alpha value is -4.88. The predicted molar refractivity (Wildman–Crippen MR) is 182 cm³/mol. The van der Waals surface area contributed by atoms with Gasteiger partial charge in [-0.15, -0.1) is 0 Å². The molecule has 0 radical (unpaired) electrons. The minimum absolute atomic E-state index is 0.0585. The van der Waals surface area contributed by atoms with Crippen molar-refractivity contribution < 1.29 is 0 Å². The predicted octanol–water partition coefficient (Wildman–Crippen LogP) is 11.4. The molecular weight excluding hydrogens is 518 g/mol. The van der Waals surface area contributed by atoms with Crippen LogP contribution in [0.5, 0.6) is 0 Å². The van der Waals surface area contributed by atoms with Gasteiger partial charge in [0.05, 0.1) is 11.4 Å². The van der Waals surface area contributed by atoms with Crippen molar-refractivity contribution in [3.05, 3.63) is 162 Å². The summed E-state index contributed by atoms with van der Waals surface area (Å²) in [5.74, 6) is 0. The molecule has 0 bridgehead atoms. The second kappa shape index (κ2) is 9.31. The number of hydrogen-bond donors (Lipinski definition) is 0. The molecule has 6 aromatic carbocycles. The SMILES string of the molecule is CC1(C)c2ccccc2-c2ccc(N3c4ccc(-c5ccccc5)cc4C(C)(C)c4cc(-c5ccccc5)ccc43)cc21. The van der Waals surface area contributed by atoms with E-state index in [1.54, 1.807) is 0 Å². The van der Waals surface area contributed by atoms with E-state index in [0.29, 0.717) is 0 Å². The molecule has 2 aliphatic rings. The first-order valence-corrected chi connectivity index (χ1v) is 15.3. The normalized spacial score (nSPS) is 15.3. The zero-order valence-corrected chi connectivity index (χ0v) is 25.2. The van der Waals surface area contributed by atoms with Crippen molar-refractivity contribution in [3.8, 4) is 33.4 Å². The van der Waals surface area contributed by atoms with Gasteiger partial charge in [-0.25, -0.2) is 0 Å². The fourth-order valence-electron chi connectivity index (χ4n) is 7.47. The Bertz CT molecular complexity index is 1920. The van der Waals surface area contributed by atoms with Crippen LogP contribution in [0.25, 0.3) is 33.4 Å². The summed E-state index contributed by atoms with van der Waals surface area (Å²) in [5.41, 5.74) is 16.6. The first-order chi connectivity index (χ1) is 20.8. The van der Waals surface area contributed by atoms with Gasteiger partial charge in [-0.1, -0.05) is 131 Å². The van der Waals surface area contributed by atoms with Crippen molar-refractivity contribution in [1.82, 2.24) is 0 Å². The number of anilines is 3. The van der Waals surface area contributed by atoms with E-state index >= 15 is 0 Å². The van der Waals surface area contributed by atoms with Gasteiger partial charge >= 0.3 is 0 Å². The third-order valence-corrected chi connectivity index (χ3v) is 9.86. The van der Waals surface area contributed by atoms with Crippen molar-refractivity contribution in [2.45, 2.75) is 38.5 Å². The van der Waals surface area contributed by atoms with E-state index in [1.807, 2.05) is 0 Å². The van der Waals surface area contributed by atoms with Crippen LogP contribution in [0.15, 0.2) is 140 Å². The summed E-state index contributed by atoms with van der Waals surface area (Å²) in [7, 11) is 0. The van der Waals surface area contributed by atoms with E-state index in [4.69, 9.17) is 0 Å². The monoisotopic (exact) mass is 553 g/mol. The number of hydrogen-bond acceptors (Lipinski definition) is 1. The first kappa shape index (κ1) is 25.8. The molecule has 8 rings (SSSR count). The Labute approximate surface area is 255 Å². The molecule has 1 heteroatoms. The Kier molecular flexibility index (Phi) is 5.59. The highest BCUT2D eigenvalue weighted by molar-refractivity contribution is 5.91. The van der Waals surface area contributed by atoms with Crippen LogP contribution >= 0.6 is 0 Å². The van der Waals surface area contributed by atoms with Crippen molar-refractivity contribution in [2.24, 2.45) is 0 Å². The van der Waals surface area contributed by atoms with Crippen LogP contribution in [0.4, 0.5) is 17.1 Å². The lowest BCUT2D eigenvalue weighted by Crippen LogP contribution is -2.31. The van der Waals surface area contributed by atoms with Crippen molar-refractivity contribution in [3.63, 3.8) is 0 Å². The van der Waals surface area contributed by atoms with Gasteiger partial charge in [0.15, 0.2) is 0 Å². The van der Waals surface area contributed by atoms with Crippen LogP contribution in [0.1, 0.15) is 49.9 Å². The van der Waals surface area contributed by atoms with Crippen LogP contribution in [0, 0.1) is 0 Å². The van der Waals surface area contributed by atoms with Gasteiger partial charge in [0.25, 0.3) is 0 Å². The zero-order valence-electron chi connectivity index (χ0n) is 25.2. The van der Waals surface area contributed by atoms with E-state index in [2.05, 4.69) is 172 Å². The minimum Gasteiger partial charge on any atom is -0.310 e. The lowest BCUT2D eigenvalue weighted by atomic mass is 9.72. The van der Waals surface area contributed by atoms with E-state index < -0.39 is 0 Å². The molecule has 1 nitrogen and oxygen atoms in total. The fourth-order valence-corrected chi connectivity index (χ4v) is 7.47. The molecule has 1 heterocycles. The fraction of sp³-hybridized carbons (Fsp3) is 0.143. The van der Waals surface area contributed by atoms with Crippen LogP contribution in [-0.2, 0) is 10.8 Å². The number of rotatable bonds is 3. The standard InChI is InChI=1S/C42H35N/c1-41(2)35-18-12-11-17-33(35)34-22-21-32(27-36(34)41)43-39-23-19-30(28-13-7-5-8-14-28)25-37(39)42(3,4)38-26-31(20-24-40(38)43)29-15-9-6-10-16-29/h5-27H,1-4H3. The molecule has 1 aliphatic carbocycles. The molecule has 6 aromatic rings.